The number of alkyl halides is 3. The number of hydrogen-bond acceptors (Lipinski definition) is 3. The molecule has 1 heterocycles. The number of piperidine rings is 1. The molecule has 1 aliphatic rings. The first-order valence-electron chi connectivity index (χ1n) is 6.04. The van der Waals surface area contributed by atoms with Crippen LogP contribution in [0.5, 0.6) is 0 Å². The fraction of sp³-hybridized carbons (Fsp3) is 0.385. The van der Waals surface area contributed by atoms with E-state index in [0.717, 1.165) is 11.0 Å². The molecule has 1 aromatic carbocycles. The number of rotatable bonds is 2. The molecule has 20 heavy (non-hydrogen) atoms. The first-order valence-corrected chi connectivity index (χ1v) is 6.04. The van der Waals surface area contributed by atoms with Crippen molar-refractivity contribution in [2.75, 3.05) is 12.4 Å². The van der Waals surface area contributed by atoms with Crippen molar-refractivity contribution in [3.63, 3.8) is 0 Å². The van der Waals surface area contributed by atoms with Crippen molar-refractivity contribution >= 4 is 17.5 Å². The van der Waals surface area contributed by atoms with Crippen molar-refractivity contribution in [3.05, 3.63) is 29.8 Å². The molecule has 2 amide bonds. The summed E-state index contributed by atoms with van der Waals surface area (Å²) in [7, 11) is 1.33. The van der Waals surface area contributed by atoms with E-state index in [-0.39, 0.29) is 24.4 Å². The highest BCUT2D eigenvalue weighted by Gasteiger charge is 2.36. The number of anilines is 1. The lowest BCUT2D eigenvalue weighted by Gasteiger charge is -2.29. The van der Waals surface area contributed by atoms with Crippen molar-refractivity contribution in [1.82, 2.24) is 4.90 Å². The Hall–Kier alpha value is -2.05. The van der Waals surface area contributed by atoms with Crippen LogP contribution >= 0.6 is 0 Å². The van der Waals surface area contributed by atoms with Gasteiger partial charge in [0.25, 0.3) is 5.91 Å². The second-order valence-corrected chi connectivity index (χ2v) is 4.57. The van der Waals surface area contributed by atoms with Crippen LogP contribution in [0.15, 0.2) is 24.3 Å². The minimum absolute atomic E-state index is 0.133. The highest BCUT2D eigenvalue weighted by molar-refractivity contribution is 6.01. The molecule has 4 nitrogen and oxygen atoms in total. The standard InChI is InChI=1S/C13H13F3N2O2/c1-18-11(19)7-6-10(12(18)20)17-9-5-3-2-4-8(9)13(14,15)16/h2-5,10,17H,6-7H2,1H3. The lowest BCUT2D eigenvalue weighted by molar-refractivity contribution is -0.147. The van der Waals surface area contributed by atoms with Crippen LogP contribution in [0.25, 0.3) is 0 Å². The van der Waals surface area contributed by atoms with E-state index in [2.05, 4.69) is 5.32 Å². The van der Waals surface area contributed by atoms with Gasteiger partial charge in [0.15, 0.2) is 0 Å². The molecule has 0 aromatic heterocycles. The molecule has 1 fully saturated rings. The molecule has 1 atom stereocenters. The van der Waals surface area contributed by atoms with E-state index >= 15 is 0 Å². The van der Waals surface area contributed by atoms with Gasteiger partial charge in [0, 0.05) is 19.2 Å². The molecule has 1 unspecified atom stereocenters. The maximum absolute atomic E-state index is 12.8. The largest absolute Gasteiger partial charge is 0.418 e. The van der Waals surface area contributed by atoms with Crippen LogP contribution in [-0.4, -0.2) is 29.8 Å². The zero-order chi connectivity index (χ0) is 14.9. The van der Waals surface area contributed by atoms with Crippen LogP contribution in [0.3, 0.4) is 0 Å². The zero-order valence-corrected chi connectivity index (χ0v) is 10.7. The Kier molecular flexibility index (Phi) is 3.69. The van der Waals surface area contributed by atoms with Gasteiger partial charge in [0.05, 0.1) is 5.56 Å². The Morgan fingerprint density at radius 1 is 1.25 bits per heavy atom. The molecular formula is C13H13F3N2O2. The van der Waals surface area contributed by atoms with Gasteiger partial charge in [-0.05, 0) is 18.6 Å². The molecule has 0 saturated carbocycles. The van der Waals surface area contributed by atoms with E-state index in [0.29, 0.717) is 0 Å². The van der Waals surface area contributed by atoms with Gasteiger partial charge in [-0.15, -0.1) is 0 Å². The number of halogens is 3. The minimum atomic E-state index is -4.50. The second-order valence-electron chi connectivity index (χ2n) is 4.57. The van der Waals surface area contributed by atoms with E-state index in [4.69, 9.17) is 0 Å². The van der Waals surface area contributed by atoms with Crippen molar-refractivity contribution in [2.24, 2.45) is 0 Å². The van der Waals surface area contributed by atoms with Crippen LogP contribution < -0.4 is 5.32 Å². The molecule has 1 aliphatic heterocycles. The Labute approximate surface area is 113 Å². The number of nitrogens with one attached hydrogen (secondary N) is 1. The number of para-hydroxylation sites is 1. The number of carbonyl (C=O) groups is 2. The van der Waals surface area contributed by atoms with Gasteiger partial charge >= 0.3 is 6.18 Å². The molecule has 0 aliphatic carbocycles. The quantitative estimate of drug-likeness (QED) is 0.848. The normalized spacial score (nSPS) is 20.2. The average Bonchev–Trinajstić information content (AvgIpc) is 2.39. The smallest absolute Gasteiger partial charge is 0.373 e. The van der Waals surface area contributed by atoms with Crippen molar-refractivity contribution < 1.29 is 22.8 Å². The number of amides is 2. The minimum Gasteiger partial charge on any atom is -0.373 e. The SMILES string of the molecule is CN1C(=O)CCC(Nc2ccccc2C(F)(F)F)C1=O. The van der Waals surface area contributed by atoms with E-state index in [1.807, 2.05) is 0 Å². The summed E-state index contributed by atoms with van der Waals surface area (Å²) in [4.78, 5) is 24.1. The van der Waals surface area contributed by atoms with Gasteiger partial charge < -0.3 is 5.32 Å². The first kappa shape index (κ1) is 14.4. The maximum Gasteiger partial charge on any atom is 0.418 e. The summed E-state index contributed by atoms with van der Waals surface area (Å²) in [5.41, 5.74) is -0.978. The Bertz CT molecular complexity index is 543. The topological polar surface area (TPSA) is 49.4 Å². The van der Waals surface area contributed by atoms with E-state index in [9.17, 15) is 22.8 Å². The number of carbonyl (C=O) groups excluding carboxylic acids is 2. The third-order valence-electron chi connectivity index (χ3n) is 3.21. The summed E-state index contributed by atoms with van der Waals surface area (Å²) in [6.45, 7) is 0. The van der Waals surface area contributed by atoms with Crippen LogP contribution in [-0.2, 0) is 15.8 Å². The Balaban J connectivity index is 2.23. The highest BCUT2D eigenvalue weighted by atomic mass is 19.4. The number of likely N-dealkylation sites (tertiary alicyclic amines) is 1. The molecule has 0 spiro atoms. The number of benzene rings is 1. The summed E-state index contributed by atoms with van der Waals surface area (Å²) < 4.78 is 38.5. The van der Waals surface area contributed by atoms with Gasteiger partial charge in [-0.2, -0.15) is 13.2 Å². The van der Waals surface area contributed by atoms with Gasteiger partial charge in [-0.3, -0.25) is 14.5 Å². The van der Waals surface area contributed by atoms with Crippen LogP contribution in [0.2, 0.25) is 0 Å². The van der Waals surface area contributed by atoms with Crippen molar-refractivity contribution in [2.45, 2.75) is 25.1 Å². The van der Waals surface area contributed by atoms with Crippen molar-refractivity contribution in [3.8, 4) is 0 Å². The predicted molar refractivity (Wildman–Crippen MR) is 65.9 cm³/mol. The Morgan fingerprint density at radius 3 is 2.55 bits per heavy atom. The van der Waals surface area contributed by atoms with Gasteiger partial charge in [-0.25, -0.2) is 0 Å². The molecule has 0 bridgehead atoms. The lowest BCUT2D eigenvalue weighted by Crippen LogP contribution is -2.48. The molecule has 2 rings (SSSR count). The van der Waals surface area contributed by atoms with Crippen LogP contribution in [0.4, 0.5) is 18.9 Å². The fourth-order valence-corrected chi connectivity index (χ4v) is 2.09. The molecule has 1 aromatic rings. The number of likely N-dealkylation sites (N-methyl/N-ethyl adjacent to an activating group) is 1. The third-order valence-corrected chi connectivity index (χ3v) is 3.21. The van der Waals surface area contributed by atoms with E-state index in [1.165, 1.54) is 25.2 Å². The second kappa shape index (κ2) is 5.15. The number of nitrogens with zero attached hydrogens (tertiary/aromatic N) is 1. The van der Waals surface area contributed by atoms with Crippen molar-refractivity contribution in [1.29, 1.82) is 0 Å². The molecular weight excluding hydrogens is 273 g/mol. The van der Waals surface area contributed by atoms with Gasteiger partial charge in [0.2, 0.25) is 5.91 Å². The molecule has 0 radical (unpaired) electrons. The third kappa shape index (κ3) is 2.76. The summed E-state index contributed by atoms with van der Waals surface area (Å²) >= 11 is 0. The lowest BCUT2D eigenvalue weighted by atomic mass is 10.0. The molecule has 1 saturated heterocycles. The number of hydrogen-bond donors (Lipinski definition) is 1. The van der Waals surface area contributed by atoms with E-state index in [1.54, 1.807) is 0 Å². The van der Waals surface area contributed by atoms with Gasteiger partial charge in [0.1, 0.15) is 6.04 Å². The molecule has 7 heteroatoms. The molecule has 108 valence electrons. The Morgan fingerprint density at radius 2 is 1.90 bits per heavy atom. The summed E-state index contributed by atoms with van der Waals surface area (Å²) in [6, 6.07) is 4.14. The first-order chi connectivity index (χ1) is 9.30. The summed E-state index contributed by atoms with van der Waals surface area (Å²) in [6.07, 6.45) is -4.18. The highest BCUT2D eigenvalue weighted by Crippen LogP contribution is 2.35. The summed E-state index contributed by atoms with van der Waals surface area (Å²) in [5, 5.41) is 2.59. The van der Waals surface area contributed by atoms with Crippen LogP contribution in [0, 0.1) is 0 Å². The number of imide groups is 1. The van der Waals surface area contributed by atoms with E-state index < -0.39 is 23.7 Å². The fourth-order valence-electron chi connectivity index (χ4n) is 2.09. The van der Waals surface area contributed by atoms with Gasteiger partial charge in [-0.1, -0.05) is 12.1 Å². The predicted octanol–water partition coefficient (Wildman–Crippen LogP) is 2.26. The monoisotopic (exact) mass is 286 g/mol. The molecule has 1 N–H and O–H groups in total. The summed E-state index contributed by atoms with van der Waals surface area (Å²) in [5.74, 6) is -0.838. The average molecular weight is 286 g/mol. The van der Waals surface area contributed by atoms with Crippen LogP contribution in [0.1, 0.15) is 18.4 Å². The zero-order valence-electron chi connectivity index (χ0n) is 10.7. The maximum atomic E-state index is 12.8.